The lowest BCUT2D eigenvalue weighted by Gasteiger charge is -2.08. The summed E-state index contributed by atoms with van der Waals surface area (Å²) < 4.78 is 5.01. The number of carbonyl (C=O) groups excluding carboxylic acids is 1. The Kier molecular flexibility index (Phi) is 6.44. The van der Waals surface area contributed by atoms with Crippen molar-refractivity contribution in [3.63, 3.8) is 0 Å². The van der Waals surface area contributed by atoms with Gasteiger partial charge in [0.1, 0.15) is 0 Å². The lowest BCUT2D eigenvalue weighted by atomic mass is 10.1. The summed E-state index contributed by atoms with van der Waals surface area (Å²) in [7, 11) is 0. The molecule has 0 saturated carbocycles. The maximum atomic E-state index is 11.0. The van der Waals surface area contributed by atoms with E-state index in [1.165, 1.54) is 0 Å². The summed E-state index contributed by atoms with van der Waals surface area (Å²) in [4.78, 5) is 11.0. The van der Waals surface area contributed by atoms with Gasteiger partial charge in [-0.2, -0.15) is 0 Å². The number of ether oxygens (including phenoxy) is 1. The summed E-state index contributed by atoms with van der Waals surface area (Å²) in [5.41, 5.74) is 0. The summed E-state index contributed by atoms with van der Waals surface area (Å²) in [6.07, 6.45) is 3.94. The number of rotatable bonds is 6. The molecule has 0 N–H and O–H groups in total. The quantitative estimate of drug-likeness (QED) is 0.452. The van der Waals surface area contributed by atoms with Gasteiger partial charge in [-0.15, -0.1) is 6.58 Å². The summed E-state index contributed by atoms with van der Waals surface area (Å²) in [6, 6.07) is 0. The Morgan fingerprint density at radius 3 is 2.83 bits per heavy atom. The van der Waals surface area contributed by atoms with Gasteiger partial charge in [0.15, 0.2) is 0 Å². The molecule has 0 saturated heterocycles. The van der Waals surface area contributed by atoms with Crippen molar-refractivity contribution in [2.75, 3.05) is 6.61 Å². The van der Waals surface area contributed by atoms with E-state index in [-0.39, 0.29) is 5.97 Å². The summed E-state index contributed by atoms with van der Waals surface area (Å²) in [5.74, 6) is 0.355. The van der Waals surface area contributed by atoms with E-state index in [1.807, 2.05) is 0 Å². The van der Waals surface area contributed by atoms with Gasteiger partial charge in [-0.3, -0.25) is 4.79 Å². The third-order valence-electron chi connectivity index (χ3n) is 1.78. The molecule has 0 rings (SSSR count). The molecule has 0 amide bonds. The van der Waals surface area contributed by atoms with E-state index in [1.54, 1.807) is 6.08 Å². The van der Waals surface area contributed by atoms with Crippen LogP contribution in [0.3, 0.4) is 0 Å². The van der Waals surface area contributed by atoms with Gasteiger partial charge in [-0.05, 0) is 12.3 Å². The Morgan fingerprint density at radius 1 is 1.67 bits per heavy atom. The molecule has 2 nitrogen and oxygen atoms in total. The predicted octanol–water partition coefficient (Wildman–Crippen LogP) is 2.54. The van der Waals surface area contributed by atoms with Gasteiger partial charge in [-0.25, -0.2) is 0 Å². The van der Waals surface area contributed by atoms with Crippen LogP contribution in [0, 0.1) is 5.92 Å². The van der Waals surface area contributed by atoms with Crippen molar-refractivity contribution in [2.45, 2.75) is 33.1 Å². The van der Waals surface area contributed by atoms with E-state index < -0.39 is 0 Å². The summed E-state index contributed by atoms with van der Waals surface area (Å²) in [5, 5.41) is 0. The summed E-state index contributed by atoms with van der Waals surface area (Å²) >= 11 is 0. The number of hydrogen-bond donors (Lipinski definition) is 0. The molecule has 0 aromatic carbocycles. The fraction of sp³-hybridized carbons (Fsp3) is 0.700. The molecule has 1 unspecified atom stereocenters. The maximum Gasteiger partial charge on any atom is 0.306 e. The first kappa shape index (κ1) is 11.2. The number of esters is 1. The zero-order valence-corrected chi connectivity index (χ0v) is 8.01. The van der Waals surface area contributed by atoms with Crippen LogP contribution >= 0.6 is 0 Å². The average molecular weight is 170 g/mol. The first-order chi connectivity index (χ1) is 5.70. The van der Waals surface area contributed by atoms with Crippen LogP contribution in [0.15, 0.2) is 12.7 Å². The molecule has 0 aliphatic carbocycles. The molecule has 0 spiro atoms. The van der Waals surface area contributed by atoms with E-state index in [9.17, 15) is 4.79 Å². The van der Waals surface area contributed by atoms with Crippen LogP contribution in [-0.2, 0) is 9.53 Å². The van der Waals surface area contributed by atoms with E-state index in [4.69, 9.17) is 4.74 Å². The second kappa shape index (κ2) is 6.89. The second-order valence-electron chi connectivity index (χ2n) is 3.02. The molecule has 12 heavy (non-hydrogen) atoms. The largest absolute Gasteiger partial charge is 0.465 e. The standard InChI is InChI=1S/C10H18O2/c1-4-6-7-10(11)12-8-9(3)5-2/h4,9H,1,5-8H2,2-3H3. The van der Waals surface area contributed by atoms with Crippen molar-refractivity contribution in [1.29, 1.82) is 0 Å². The second-order valence-corrected chi connectivity index (χ2v) is 3.02. The average Bonchev–Trinajstić information content (AvgIpc) is 2.10. The highest BCUT2D eigenvalue weighted by Crippen LogP contribution is 2.02. The Hall–Kier alpha value is -0.790. The first-order valence-corrected chi connectivity index (χ1v) is 4.47. The number of hydrogen-bond acceptors (Lipinski definition) is 2. The van der Waals surface area contributed by atoms with Gasteiger partial charge in [-0.1, -0.05) is 26.3 Å². The Morgan fingerprint density at radius 2 is 2.33 bits per heavy atom. The molecule has 2 heteroatoms. The fourth-order valence-corrected chi connectivity index (χ4v) is 0.645. The van der Waals surface area contributed by atoms with Crippen LogP contribution in [0.4, 0.5) is 0 Å². The Balaban J connectivity index is 3.36. The minimum absolute atomic E-state index is 0.116. The van der Waals surface area contributed by atoms with Gasteiger partial charge in [0.05, 0.1) is 6.61 Å². The zero-order valence-electron chi connectivity index (χ0n) is 8.01. The van der Waals surface area contributed by atoms with E-state index >= 15 is 0 Å². The lowest BCUT2D eigenvalue weighted by molar-refractivity contribution is -0.144. The van der Waals surface area contributed by atoms with Crippen LogP contribution < -0.4 is 0 Å². The highest BCUT2D eigenvalue weighted by molar-refractivity contribution is 5.69. The van der Waals surface area contributed by atoms with E-state index in [0.29, 0.717) is 25.4 Å². The molecule has 0 aliphatic rings. The van der Waals surface area contributed by atoms with Crippen molar-refractivity contribution in [1.82, 2.24) is 0 Å². The monoisotopic (exact) mass is 170 g/mol. The van der Waals surface area contributed by atoms with Crippen molar-refractivity contribution in [3.8, 4) is 0 Å². The highest BCUT2D eigenvalue weighted by atomic mass is 16.5. The number of carbonyl (C=O) groups is 1. The Labute approximate surface area is 74.6 Å². The highest BCUT2D eigenvalue weighted by Gasteiger charge is 2.03. The molecular weight excluding hydrogens is 152 g/mol. The van der Waals surface area contributed by atoms with Gasteiger partial charge in [0.25, 0.3) is 0 Å². The van der Waals surface area contributed by atoms with Gasteiger partial charge < -0.3 is 4.74 Å². The molecule has 1 atom stereocenters. The van der Waals surface area contributed by atoms with Crippen LogP contribution in [0.2, 0.25) is 0 Å². The van der Waals surface area contributed by atoms with Crippen LogP contribution in [0.5, 0.6) is 0 Å². The lowest BCUT2D eigenvalue weighted by Crippen LogP contribution is -2.10. The van der Waals surface area contributed by atoms with Crippen LogP contribution in [0.1, 0.15) is 33.1 Å². The first-order valence-electron chi connectivity index (χ1n) is 4.47. The topological polar surface area (TPSA) is 26.3 Å². The van der Waals surface area contributed by atoms with E-state index in [0.717, 1.165) is 6.42 Å². The minimum Gasteiger partial charge on any atom is -0.465 e. The summed E-state index contributed by atoms with van der Waals surface area (Å²) in [6.45, 7) is 8.24. The normalized spacial score (nSPS) is 12.2. The third kappa shape index (κ3) is 5.96. The van der Waals surface area contributed by atoms with Gasteiger partial charge in [0.2, 0.25) is 0 Å². The molecule has 0 bridgehead atoms. The maximum absolute atomic E-state index is 11.0. The molecule has 0 fully saturated rings. The molecule has 0 aromatic rings. The van der Waals surface area contributed by atoms with Crippen LogP contribution in [-0.4, -0.2) is 12.6 Å². The van der Waals surface area contributed by atoms with Crippen molar-refractivity contribution < 1.29 is 9.53 Å². The molecule has 0 heterocycles. The van der Waals surface area contributed by atoms with Crippen molar-refractivity contribution >= 4 is 5.97 Å². The molecule has 70 valence electrons. The molecule has 0 aliphatic heterocycles. The third-order valence-corrected chi connectivity index (χ3v) is 1.78. The predicted molar refractivity (Wildman–Crippen MR) is 49.8 cm³/mol. The fourth-order valence-electron chi connectivity index (χ4n) is 0.645. The van der Waals surface area contributed by atoms with Crippen molar-refractivity contribution in [2.24, 2.45) is 5.92 Å². The molecule has 0 radical (unpaired) electrons. The molecule has 0 aromatic heterocycles. The minimum atomic E-state index is -0.116. The molecular formula is C10H18O2. The van der Waals surface area contributed by atoms with Crippen LogP contribution in [0.25, 0.3) is 0 Å². The Bertz CT molecular complexity index is 141. The SMILES string of the molecule is C=CCCC(=O)OCC(C)CC. The zero-order chi connectivity index (χ0) is 9.40. The smallest absolute Gasteiger partial charge is 0.306 e. The number of allylic oxidation sites excluding steroid dienone is 1. The van der Waals surface area contributed by atoms with Gasteiger partial charge in [0, 0.05) is 6.42 Å². The van der Waals surface area contributed by atoms with Crippen molar-refractivity contribution in [3.05, 3.63) is 12.7 Å². The van der Waals surface area contributed by atoms with E-state index in [2.05, 4.69) is 20.4 Å². The van der Waals surface area contributed by atoms with Gasteiger partial charge >= 0.3 is 5.97 Å².